The first kappa shape index (κ1) is 15.7. The topological polar surface area (TPSA) is 104 Å². The second-order valence-corrected chi connectivity index (χ2v) is 7.00. The number of benzene rings is 1. The van der Waals surface area contributed by atoms with Crippen LogP contribution in [0.15, 0.2) is 23.1 Å². The number of carboxylic acids is 1. The summed E-state index contributed by atoms with van der Waals surface area (Å²) in [6, 6.07) is 3.24. The van der Waals surface area contributed by atoms with Gasteiger partial charge in [0, 0.05) is 13.1 Å². The zero-order valence-electron chi connectivity index (χ0n) is 11.7. The lowest BCUT2D eigenvalue weighted by Gasteiger charge is -2.34. The van der Waals surface area contributed by atoms with Crippen molar-refractivity contribution in [1.82, 2.24) is 4.31 Å². The molecular formula is C13H17NO6S. The highest BCUT2D eigenvalue weighted by molar-refractivity contribution is 7.89. The molecule has 1 saturated heterocycles. The molecule has 8 heteroatoms. The number of hydrogen-bond donors (Lipinski definition) is 2. The number of sulfonamides is 1. The van der Waals surface area contributed by atoms with Crippen molar-refractivity contribution in [3.63, 3.8) is 0 Å². The van der Waals surface area contributed by atoms with Crippen LogP contribution in [0, 0.1) is 0 Å². The fourth-order valence-electron chi connectivity index (χ4n) is 2.32. The summed E-state index contributed by atoms with van der Waals surface area (Å²) in [6.45, 7) is 3.96. The predicted octanol–water partition coefficient (Wildman–Crippen LogP) is 0.888. The highest BCUT2D eigenvalue weighted by Crippen LogP contribution is 2.25. The number of hydrogen-bond acceptors (Lipinski definition) is 5. The molecule has 7 nitrogen and oxygen atoms in total. The third kappa shape index (κ3) is 3.17. The molecule has 1 heterocycles. The van der Waals surface area contributed by atoms with E-state index in [1.807, 2.05) is 0 Å². The maximum absolute atomic E-state index is 12.6. The lowest BCUT2D eigenvalue weighted by atomic mass is 10.2. The van der Waals surface area contributed by atoms with Crippen molar-refractivity contribution >= 4 is 16.0 Å². The van der Waals surface area contributed by atoms with Crippen LogP contribution < -0.4 is 0 Å². The third-order valence-corrected chi connectivity index (χ3v) is 5.05. The fraction of sp³-hybridized carbons (Fsp3) is 0.462. The molecule has 1 aromatic carbocycles. The lowest BCUT2D eigenvalue weighted by Crippen LogP contribution is -2.48. The van der Waals surface area contributed by atoms with Gasteiger partial charge in [-0.3, -0.25) is 0 Å². The molecule has 1 aliphatic heterocycles. The van der Waals surface area contributed by atoms with Gasteiger partial charge >= 0.3 is 5.97 Å². The van der Waals surface area contributed by atoms with Gasteiger partial charge in [0.25, 0.3) is 0 Å². The van der Waals surface area contributed by atoms with Gasteiger partial charge in [-0.05, 0) is 32.0 Å². The van der Waals surface area contributed by atoms with E-state index in [1.54, 1.807) is 13.8 Å². The SMILES string of the molecule is CC1CN(S(=O)(=O)c2ccc(O)c(C(=O)O)c2)CC(C)O1. The van der Waals surface area contributed by atoms with E-state index in [1.165, 1.54) is 10.4 Å². The van der Waals surface area contributed by atoms with Crippen LogP contribution in [0.5, 0.6) is 5.75 Å². The highest BCUT2D eigenvalue weighted by atomic mass is 32.2. The van der Waals surface area contributed by atoms with E-state index in [-0.39, 0.29) is 30.2 Å². The van der Waals surface area contributed by atoms with Crippen LogP contribution in [-0.2, 0) is 14.8 Å². The van der Waals surface area contributed by atoms with Gasteiger partial charge in [0.2, 0.25) is 10.0 Å². The van der Waals surface area contributed by atoms with Crippen molar-refractivity contribution in [1.29, 1.82) is 0 Å². The van der Waals surface area contributed by atoms with Gasteiger partial charge < -0.3 is 14.9 Å². The molecule has 0 spiro atoms. The second kappa shape index (κ2) is 5.63. The molecule has 0 saturated carbocycles. The van der Waals surface area contributed by atoms with Gasteiger partial charge in [-0.1, -0.05) is 0 Å². The molecule has 0 amide bonds. The minimum absolute atomic E-state index is 0.154. The van der Waals surface area contributed by atoms with Gasteiger partial charge in [-0.25, -0.2) is 13.2 Å². The number of morpholine rings is 1. The van der Waals surface area contributed by atoms with Gasteiger partial charge in [0.1, 0.15) is 11.3 Å². The first-order chi connectivity index (χ1) is 9.71. The summed E-state index contributed by atoms with van der Waals surface area (Å²) in [4.78, 5) is 10.8. The zero-order chi connectivity index (χ0) is 15.8. The van der Waals surface area contributed by atoms with Crippen LogP contribution in [0.25, 0.3) is 0 Å². The molecule has 2 atom stereocenters. The third-order valence-electron chi connectivity index (χ3n) is 3.22. The Morgan fingerprint density at radius 2 is 1.86 bits per heavy atom. The largest absolute Gasteiger partial charge is 0.507 e. The molecule has 1 aliphatic rings. The molecule has 0 radical (unpaired) electrons. The predicted molar refractivity (Wildman–Crippen MR) is 73.8 cm³/mol. The first-order valence-electron chi connectivity index (χ1n) is 6.43. The van der Waals surface area contributed by atoms with Crippen LogP contribution in [0.2, 0.25) is 0 Å². The van der Waals surface area contributed by atoms with Gasteiger partial charge in [-0.15, -0.1) is 0 Å². The Kier molecular flexibility index (Phi) is 4.22. The first-order valence-corrected chi connectivity index (χ1v) is 7.87. The van der Waals surface area contributed by atoms with Crippen LogP contribution in [0.4, 0.5) is 0 Å². The van der Waals surface area contributed by atoms with E-state index in [4.69, 9.17) is 9.84 Å². The number of ether oxygens (including phenoxy) is 1. The Labute approximate surface area is 122 Å². The smallest absolute Gasteiger partial charge is 0.339 e. The highest BCUT2D eigenvalue weighted by Gasteiger charge is 2.32. The summed E-state index contributed by atoms with van der Waals surface area (Å²) in [6.07, 6.45) is -0.473. The number of aromatic carboxylic acids is 1. The zero-order valence-corrected chi connectivity index (χ0v) is 12.5. The van der Waals surface area contributed by atoms with E-state index in [2.05, 4.69) is 0 Å². The van der Waals surface area contributed by atoms with Crippen molar-refractivity contribution in [3.05, 3.63) is 23.8 Å². The minimum atomic E-state index is -3.82. The Bertz CT molecular complexity index is 647. The molecule has 0 aromatic heterocycles. The number of rotatable bonds is 3. The van der Waals surface area contributed by atoms with E-state index in [0.717, 1.165) is 12.1 Å². The Morgan fingerprint density at radius 1 is 1.29 bits per heavy atom. The van der Waals surface area contributed by atoms with Gasteiger partial charge in [0.15, 0.2) is 0 Å². The number of aromatic hydroxyl groups is 1. The monoisotopic (exact) mass is 315 g/mol. The lowest BCUT2D eigenvalue weighted by molar-refractivity contribution is -0.0440. The standard InChI is InChI=1S/C13H17NO6S/c1-8-6-14(7-9(2)20-8)21(18,19)10-3-4-12(15)11(5-10)13(16)17/h3-5,8-9,15H,6-7H2,1-2H3,(H,16,17). The second-order valence-electron chi connectivity index (χ2n) is 5.06. The summed E-state index contributed by atoms with van der Waals surface area (Å²) >= 11 is 0. The maximum Gasteiger partial charge on any atom is 0.339 e. The number of nitrogens with zero attached hydrogens (tertiary/aromatic N) is 1. The summed E-state index contributed by atoms with van der Waals surface area (Å²) < 4.78 is 31.9. The quantitative estimate of drug-likeness (QED) is 0.858. The summed E-state index contributed by atoms with van der Waals surface area (Å²) in [5, 5.41) is 18.4. The van der Waals surface area contributed by atoms with E-state index >= 15 is 0 Å². The normalized spacial score (nSPS) is 23.9. The average Bonchev–Trinajstić information content (AvgIpc) is 2.37. The molecule has 116 valence electrons. The molecule has 0 aliphatic carbocycles. The van der Waals surface area contributed by atoms with Crippen LogP contribution in [0.3, 0.4) is 0 Å². The number of phenols is 1. The fourth-order valence-corrected chi connectivity index (χ4v) is 3.94. The van der Waals surface area contributed by atoms with Crippen molar-refractivity contribution in [2.75, 3.05) is 13.1 Å². The molecule has 0 bridgehead atoms. The minimum Gasteiger partial charge on any atom is -0.507 e. The average molecular weight is 315 g/mol. The van der Waals surface area contributed by atoms with Crippen molar-refractivity contribution in [2.24, 2.45) is 0 Å². The van der Waals surface area contributed by atoms with E-state index < -0.39 is 27.3 Å². The number of carboxylic acid groups (broad SMARTS) is 1. The van der Waals surface area contributed by atoms with Gasteiger partial charge in [0.05, 0.1) is 17.1 Å². The summed E-state index contributed by atoms with van der Waals surface area (Å²) in [5.74, 6) is -1.85. The Balaban J connectivity index is 2.40. The Hall–Kier alpha value is -1.64. The molecule has 2 N–H and O–H groups in total. The molecule has 1 fully saturated rings. The van der Waals surface area contributed by atoms with E-state index in [0.29, 0.717) is 0 Å². The summed E-state index contributed by atoms with van der Waals surface area (Å²) in [5.41, 5.74) is -0.439. The van der Waals surface area contributed by atoms with E-state index in [9.17, 15) is 18.3 Å². The van der Waals surface area contributed by atoms with Crippen LogP contribution in [-0.4, -0.2) is 54.2 Å². The maximum atomic E-state index is 12.6. The molecule has 21 heavy (non-hydrogen) atoms. The van der Waals surface area contributed by atoms with Crippen molar-refractivity contribution in [3.8, 4) is 5.75 Å². The van der Waals surface area contributed by atoms with Crippen LogP contribution in [0.1, 0.15) is 24.2 Å². The van der Waals surface area contributed by atoms with Crippen LogP contribution >= 0.6 is 0 Å². The molecule has 2 rings (SSSR count). The number of carbonyl (C=O) groups is 1. The Morgan fingerprint density at radius 3 is 2.38 bits per heavy atom. The molecule has 1 aromatic rings. The molecular weight excluding hydrogens is 298 g/mol. The summed E-state index contributed by atoms with van der Waals surface area (Å²) in [7, 11) is -3.82. The van der Waals surface area contributed by atoms with Gasteiger partial charge in [-0.2, -0.15) is 4.31 Å². The molecule has 2 unspecified atom stereocenters. The van der Waals surface area contributed by atoms with Crippen molar-refractivity contribution in [2.45, 2.75) is 31.0 Å². The van der Waals surface area contributed by atoms with Crippen molar-refractivity contribution < 1.29 is 28.2 Å².